The summed E-state index contributed by atoms with van der Waals surface area (Å²) < 4.78 is 31.2. The molecule has 0 saturated carbocycles. The molecule has 0 aromatic heterocycles. The summed E-state index contributed by atoms with van der Waals surface area (Å²) in [5.41, 5.74) is 0.530. The highest BCUT2D eigenvalue weighted by Gasteiger charge is 2.16. The van der Waals surface area contributed by atoms with Gasteiger partial charge in [0.05, 0.1) is 13.2 Å². The van der Waals surface area contributed by atoms with E-state index in [2.05, 4.69) is 10.6 Å². The van der Waals surface area contributed by atoms with Crippen LogP contribution in [0.15, 0.2) is 18.2 Å². The van der Waals surface area contributed by atoms with Gasteiger partial charge >= 0.3 is 0 Å². The fraction of sp³-hybridized carbons (Fsp3) is 0.500. The highest BCUT2D eigenvalue weighted by Crippen LogP contribution is 2.08. The van der Waals surface area contributed by atoms with E-state index in [-0.39, 0.29) is 24.4 Å². The Labute approximate surface area is 128 Å². The van der Waals surface area contributed by atoms with E-state index in [1.165, 1.54) is 12.1 Å². The summed E-state index contributed by atoms with van der Waals surface area (Å²) in [4.78, 5) is 11.7. The highest BCUT2D eigenvalue weighted by atomic mass is 35.5. The van der Waals surface area contributed by atoms with Crippen LogP contribution in [-0.2, 0) is 16.0 Å². The van der Waals surface area contributed by atoms with E-state index >= 15 is 0 Å². The molecule has 1 saturated heterocycles. The van der Waals surface area contributed by atoms with Gasteiger partial charge in [-0.15, -0.1) is 12.4 Å². The van der Waals surface area contributed by atoms with E-state index < -0.39 is 11.6 Å². The van der Waals surface area contributed by atoms with Gasteiger partial charge in [0.2, 0.25) is 5.91 Å². The number of ether oxygens (including phenoxy) is 1. The van der Waals surface area contributed by atoms with Gasteiger partial charge in [-0.1, -0.05) is 0 Å². The minimum Gasteiger partial charge on any atom is -0.378 e. The van der Waals surface area contributed by atoms with Crippen LogP contribution in [0.5, 0.6) is 0 Å². The number of rotatable bonds is 5. The molecule has 1 amide bonds. The normalized spacial score (nSPS) is 17.9. The molecule has 0 bridgehead atoms. The SMILES string of the molecule is Cl.O=C(CC1COCCN1)NCCc1cc(F)cc(F)c1. The second-order valence-corrected chi connectivity index (χ2v) is 4.81. The molecule has 1 aromatic rings. The molecule has 2 rings (SSSR count). The predicted molar refractivity (Wildman–Crippen MR) is 77.5 cm³/mol. The number of amides is 1. The van der Waals surface area contributed by atoms with Crippen molar-refractivity contribution in [1.82, 2.24) is 10.6 Å². The number of morpholine rings is 1. The molecule has 118 valence electrons. The molecular weight excluding hydrogens is 302 g/mol. The van der Waals surface area contributed by atoms with Gasteiger partial charge in [0, 0.05) is 31.6 Å². The van der Waals surface area contributed by atoms with Gasteiger partial charge in [-0.3, -0.25) is 4.79 Å². The first-order valence-corrected chi connectivity index (χ1v) is 6.66. The lowest BCUT2D eigenvalue weighted by atomic mass is 10.1. The van der Waals surface area contributed by atoms with Crippen molar-refractivity contribution in [3.63, 3.8) is 0 Å². The first-order valence-electron chi connectivity index (χ1n) is 6.66. The van der Waals surface area contributed by atoms with Crippen LogP contribution in [0.3, 0.4) is 0 Å². The van der Waals surface area contributed by atoms with E-state index in [0.717, 1.165) is 12.6 Å². The fourth-order valence-corrected chi connectivity index (χ4v) is 2.15. The summed E-state index contributed by atoms with van der Waals surface area (Å²) in [7, 11) is 0. The van der Waals surface area contributed by atoms with Gasteiger partial charge in [0.15, 0.2) is 0 Å². The van der Waals surface area contributed by atoms with Gasteiger partial charge in [0.25, 0.3) is 0 Å². The third kappa shape index (κ3) is 6.37. The molecule has 1 atom stereocenters. The van der Waals surface area contributed by atoms with Gasteiger partial charge in [0.1, 0.15) is 11.6 Å². The molecule has 21 heavy (non-hydrogen) atoms. The van der Waals surface area contributed by atoms with E-state index in [9.17, 15) is 13.6 Å². The molecule has 0 aliphatic carbocycles. The Morgan fingerprint density at radius 2 is 2.05 bits per heavy atom. The minimum absolute atomic E-state index is 0. The Balaban J connectivity index is 0.00000220. The van der Waals surface area contributed by atoms with Crippen LogP contribution >= 0.6 is 12.4 Å². The van der Waals surface area contributed by atoms with Gasteiger partial charge in [-0.2, -0.15) is 0 Å². The number of hydrogen-bond acceptors (Lipinski definition) is 3. The first-order chi connectivity index (χ1) is 9.63. The molecule has 7 heteroatoms. The van der Waals surface area contributed by atoms with Crippen molar-refractivity contribution in [2.24, 2.45) is 0 Å². The topological polar surface area (TPSA) is 50.4 Å². The van der Waals surface area contributed by atoms with E-state index in [4.69, 9.17) is 4.74 Å². The maximum atomic E-state index is 13.0. The Morgan fingerprint density at radius 3 is 2.67 bits per heavy atom. The molecule has 1 aliphatic rings. The first kappa shape index (κ1) is 17.8. The summed E-state index contributed by atoms with van der Waals surface area (Å²) in [6, 6.07) is 3.41. The maximum absolute atomic E-state index is 13.0. The van der Waals surface area contributed by atoms with Gasteiger partial charge in [-0.25, -0.2) is 8.78 Å². The predicted octanol–water partition coefficient (Wildman–Crippen LogP) is 1.42. The van der Waals surface area contributed by atoms with Gasteiger partial charge in [-0.05, 0) is 24.1 Å². The van der Waals surface area contributed by atoms with Crippen molar-refractivity contribution in [3.05, 3.63) is 35.4 Å². The van der Waals surface area contributed by atoms with Crippen molar-refractivity contribution in [1.29, 1.82) is 0 Å². The summed E-state index contributed by atoms with van der Waals surface area (Å²) in [6.07, 6.45) is 0.743. The molecule has 0 spiro atoms. The quantitative estimate of drug-likeness (QED) is 0.863. The summed E-state index contributed by atoms with van der Waals surface area (Å²) in [5.74, 6) is -1.30. The molecule has 1 heterocycles. The van der Waals surface area contributed by atoms with Crippen LogP contribution in [0, 0.1) is 11.6 Å². The summed E-state index contributed by atoms with van der Waals surface area (Å²) in [5, 5.41) is 5.93. The van der Waals surface area contributed by atoms with Crippen LogP contribution in [0.1, 0.15) is 12.0 Å². The van der Waals surface area contributed by atoms with Crippen molar-refractivity contribution in [2.75, 3.05) is 26.3 Å². The number of halogens is 3. The number of carbonyl (C=O) groups is 1. The molecule has 1 fully saturated rings. The third-order valence-corrected chi connectivity index (χ3v) is 3.09. The third-order valence-electron chi connectivity index (χ3n) is 3.09. The van der Waals surface area contributed by atoms with E-state index in [1.807, 2.05) is 0 Å². The summed E-state index contributed by atoms with van der Waals surface area (Å²) in [6.45, 7) is 2.31. The largest absolute Gasteiger partial charge is 0.378 e. The zero-order valence-electron chi connectivity index (χ0n) is 11.5. The lowest BCUT2D eigenvalue weighted by molar-refractivity contribution is -0.122. The van der Waals surface area contributed by atoms with Crippen molar-refractivity contribution in [3.8, 4) is 0 Å². The summed E-state index contributed by atoms with van der Waals surface area (Å²) >= 11 is 0. The van der Waals surface area contributed by atoms with Crippen LogP contribution in [0.25, 0.3) is 0 Å². The van der Waals surface area contributed by atoms with E-state index in [1.54, 1.807) is 0 Å². The number of benzene rings is 1. The zero-order valence-corrected chi connectivity index (χ0v) is 12.3. The molecule has 4 nitrogen and oxygen atoms in total. The van der Waals surface area contributed by atoms with Crippen molar-refractivity contribution < 1.29 is 18.3 Å². The fourth-order valence-electron chi connectivity index (χ4n) is 2.15. The van der Waals surface area contributed by atoms with E-state index in [0.29, 0.717) is 38.2 Å². The molecular formula is C14H19ClF2N2O2. The number of nitrogens with one attached hydrogen (secondary N) is 2. The Morgan fingerprint density at radius 1 is 1.33 bits per heavy atom. The van der Waals surface area contributed by atoms with Crippen molar-refractivity contribution in [2.45, 2.75) is 18.9 Å². The Hall–Kier alpha value is -1.24. The second kappa shape index (κ2) is 8.92. The highest BCUT2D eigenvalue weighted by molar-refractivity contribution is 5.85. The molecule has 0 radical (unpaired) electrons. The second-order valence-electron chi connectivity index (χ2n) is 4.81. The van der Waals surface area contributed by atoms with Crippen molar-refractivity contribution >= 4 is 18.3 Å². The number of carbonyl (C=O) groups excluding carboxylic acids is 1. The molecule has 1 unspecified atom stereocenters. The monoisotopic (exact) mass is 320 g/mol. The average molecular weight is 321 g/mol. The number of hydrogen-bond donors (Lipinski definition) is 2. The van der Waals surface area contributed by atoms with Crippen LogP contribution in [-0.4, -0.2) is 38.3 Å². The maximum Gasteiger partial charge on any atom is 0.221 e. The average Bonchev–Trinajstić information content (AvgIpc) is 2.38. The zero-order chi connectivity index (χ0) is 14.4. The Kier molecular flexibility index (Phi) is 7.56. The smallest absolute Gasteiger partial charge is 0.221 e. The lowest BCUT2D eigenvalue weighted by Crippen LogP contribution is -2.44. The molecule has 1 aromatic carbocycles. The van der Waals surface area contributed by atoms with Gasteiger partial charge < -0.3 is 15.4 Å². The standard InChI is InChI=1S/C14H18F2N2O2.ClH/c15-11-5-10(6-12(16)7-11)1-2-18-14(19)8-13-9-20-4-3-17-13;/h5-7,13,17H,1-4,8-9H2,(H,18,19);1H. The van der Waals surface area contributed by atoms with Crippen LogP contribution in [0.2, 0.25) is 0 Å². The minimum atomic E-state index is -0.602. The lowest BCUT2D eigenvalue weighted by Gasteiger charge is -2.23. The Bertz CT molecular complexity index is 448. The van der Waals surface area contributed by atoms with Crippen LogP contribution in [0.4, 0.5) is 8.78 Å². The van der Waals surface area contributed by atoms with Crippen LogP contribution < -0.4 is 10.6 Å². The molecule has 2 N–H and O–H groups in total. The molecule has 1 aliphatic heterocycles.